The maximum Gasteiger partial charge on any atom is 0.328 e. The molecule has 0 bridgehead atoms. The smallest absolute Gasteiger partial charge is 0.328 e. The van der Waals surface area contributed by atoms with Crippen molar-refractivity contribution in [2.45, 2.75) is 128 Å². The Balaban J connectivity index is 1.75. The fourth-order valence-electron chi connectivity index (χ4n) is 6.45. The maximum absolute atomic E-state index is 12.9. The highest BCUT2D eigenvalue weighted by Crippen LogP contribution is 2.49. The van der Waals surface area contributed by atoms with Gasteiger partial charge in [-0.2, -0.15) is 0 Å². The molecule has 338 valence electrons. The first-order valence-corrected chi connectivity index (χ1v) is 23.8. The molecule has 0 aliphatic rings. The molecule has 0 spiro atoms. The van der Waals surface area contributed by atoms with Crippen LogP contribution in [0.1, 0.15) is 116 Å². The van der Waals surface area contributed by atoms with Crippen molar-refractivity contribution >= 4 is 32.1 Å². The van der Waals surface area contributed by atoms with Crippen LogP contribution in [-0.4, -0.2) is 55.2 Å². The third-order valence-electron chi connectivity index (χ3n) is 10.2. The minimum absolute atomic E-state index is 0.00864. The van der Waals surface area contributed by atoms with Crippen molar-refractivity contribution in [3.63, 3.8) is 0 Å². The number of nitrogens with one attached hydrogen (secondary N) is 4. The summed E-state index contributed by atoms with van der Waals surface area (Å²) in [5.41, 5.74) is 5.87. The summed E-state index contributed by atoms with van der Waals surface area (Å²) < 4.78 is 69.1. The summed E-state index contributed by atoms with van der Waals surface area (Å²) >= 11 is 0. The van der Waals surface area contributed by atoms with Gasteiger partial charge in [0.1, 0.15) is 24.7 Å². The van der Waals surface area contributed by atoms with Gasteiger partial charge in [0.05, 0.1) is 22.9 Å². The van der Waals surface area contributed by atoms with Crippen molar-refractivity contribution in [2.75, 3.05) is 26.3 Å². The van der Waals surface area contributed by atoms with Gasteiger partial charge in [0.2, 0.25) is 0 Å². The summed E-state index contributed by atoms with van der Waals surface area (Å²) in [6.45, 7) is 29.2. The van der Waals surface area contributed by atoms with Crippen LogP contribution < -0.4 is 29.6 Å². The monoisotopic (exact) mass is 890 g/mol. The zero-order valence-electron chi connectivity index (χ0n) is 38.8. The minimum Gasteiger partial charge on any atom is -0.491 e. The predicted molar refractivity (Wildman–Crippen MR) is 247 cm³/mol. The quantitative estimate of drug-likeness (QED) is 0.0964. The van der Waals surface area contributed by atoms with Gasteiger partial charge in [0.25, 0.3) is 20.0 Å². The third kappa shape index (κ3) is 13.0. The van der Waals surface area contributed by atoms with Gasteiger partial charge in [-0.25, -0.2) is 35.9 Å². The lowest BCUT2D eigenvalue weighted by molar-refractivity contribution is 0.240. The van der Waals surface area contributed by atoms with Crippen LogP contribution in [0.2, 0.25) is 0 Å². The molecule has 0 atom stereocenters. The van der Waals surface area contributed by atoms with Crippen LogP contribution in [0.4, 0.5) is 9.59 Å². The average molecular weight is 891 g/mol. The molecule has 0 unspecified atom stereocenters. The van der Waals surface area contributed by atoms with E-state index in [9.17, 15) is 26.4 Å². The van der Waals surface area contributed by atoms with Crippen LogP contribution in [0.5, 0.6) is 11.5 Å². The number of amides is 4. The molecule has 0 saturated carbocycles. The van der Waals surface area contributed by atoms with Crippen LogP contribution in [0, 0.1) is 13.8 Å². The molecule has 0 aliphatic heterocycles. The Morgan fingerprint density at radius 3 is 1.06 bits per heavy atom. The summed E-state index contributed by atoms with van der Waals surface area (Å²) in [6, 6.07) is 19.2. The number of ether oxygens (including phenoxy) is 2. The van der Waals surface area contributed by atoms with Gasteiger partial charge in [0.15, 0.2) is 0 Å². The van der Waals surface area contributed by atoms with E-state index in [2.05, 4.69) is 127 Å². The zero-order valence-corrected chi connectivity index (χ0v) is 40.5. The Morgan fingerprint density at radius 1 is 0.484 bits per heavy atom. The summed E-state index contributed by atoms with van der Waals surface area (Å²) in [6.07, 6.45) is 0. The van der Waals surface area contributed by atoms with E-state index in [0.717, 1.165) is 44.5 Å². The molecular weight excluding hydrogens is 825 g/mol. The van der Waals surface area contributed by atoms with Crippen LogP contribution in [0.25, 0.3) is 11.1 Å². The fourth-order valence-corrected chi connectivity index (χ4v) is 8.31. The highest BCUT2D eigenvalue weighted by molar-refractivity contribution is 7.90. The first-order valence-electron chi connectivity index (χ1n) is 20.8. The largest absolute Gasteiger partial charge is 0.491 e. The highest BCUT2D eigenvalue weighted by Gasteiger charge is 2.32. The SMILES string of the molecule is Cc1ccc(S(=O)(=O)NC(=O)NCCOc2c(-c3cc(C(C)(C)C)cc(C(C)(C)C)c3OCCNC(=O)NS(=O)(=O)c3ccc(C)cc3)cc(C(C)(C)C)cc2C(C)(C)C)cc1. The molecule has 0 aliphatic carbocycles. The number of benzene rings is 4. The van der Waals surface area contributed by atoms with E-state index in [1.54, 1.807) is 24.3 Å². The average Bonchev–Trinajstić information content (AvgIpc) is 3.13. The lowest BCUT2D eigenvalue weighted by Gasteiger charge is -2.32. The molecular formula is C48H66N4O8S2. The normalized spacial score (nSPS) is 12.7. The van der Waals surface area contributed by atoms with E-state index in [4.69, 9.17) is 9.47 Å². The standard InChI is InChI=1S/C48H66N4O8S2/c1-31-15-19-35(20-16-31)61(55,56)51-43(53)49-23-25-59-41-37(27-33(45(3,4)5)29-39(41)47(9,10)11)38-28-34(46(6,7)8)30-40(48(12,13)14)42(38)60-26-24-50-44(54)52-62(57,58)36-21-17-32(2)18-22-36/h15-22,27-30H,23-26H2,1-14H3,(H2,49,51,53)(H2,50,52,54). The van der Waals surface area contributed by atoms with Crippen LogP contribution in [0.15, 0.2) is 82.6 Å². The molecule has 14 heteroatoms. The Hall–Kier alpha value is -5.08. The van der Waals surface area contributed by atoms with E-state index >= 15 is 0 Å². The van der Waals surface area contributed by atoms with E-state index in [1.165, 1.54) is 24.3 Å². The number of urea groups is 2. The maximum atomic E-state index is 12.9. The van der Waals surface area contributed by atoms with Crippen molar-refractivity contribution in [1.29, 1.82) is 0 Å². The van der Waals surface area contributed by atoms with Gasteiger partial charge < -0.3 is 20.1 Å². The molecule has 4 aromatic rings. The van der Waals surface area contributed by atoms with Crippen molar-refractivity contribution in [2.24, 2.45) is 0 Å². The van der Waals surface area contributed by atoms with E-state index in [1.807, 2.05) is 13.8 Å². The molecule has 4 aromatic carbocycles. The van der Waals surface area contributed by atoms with Gasteiger partial charge in [-0.15, -0.1) is 0 Å². The molecule has 4 N–H and O–H groups in total. The van der Waals surface area contributed by atoms with Crippen molar-refractivity contribution in [3.05, 3.63) is 106 Å². The summed E-state index contributed by atoms with van der Waals surface area (Å²) in [5.74, 6) is 1.16. The van der Waals surface area contributed by atoms with Gasteiger partial charge in [-0.3, -0.25) is 0 Å². The van der Waals surface area contributed by atoms with Crippen molar-refractivity contribution in [1.82, 2.24) is 20.1 Å². The Labute approximate surface area is 370 Å². The lowest BCUT2D eigenvalue weighted by Crippen LogP contribution is -2.41. The molecule has 4 rings (SSSR count). The van der Waals surface area contributed by atoms with Gasteiger partial charge >= 0.3 is 12.1 Å². The van der Waals surface area contributed by atoms with Gasteiger partial charge in [-0.1, -0.05) is 131 Å². The summed E-state index contributed by atoms with van der Waals surface area (Å²) in [5, 5.41) is 5.25. The predicted octanol–water partition coefficient (Wildman–Crippen LogP) is 9.29. The topological polar surface area (TPSA) is 169 Å². The second-order valence-corrected chi connectivity index (χ2v) is 23.2. The Bertz CT molecular complexity index is 2300. The third-order valence-corrected chi connectivity index (χ3v) is 12.9. The van der Waals surface area contributed by atoms with Crippen LogP contribution in [-0.2, 0) is 41.7 Å². The van der Waals surface area contributed by atoms with Crippen molar-refractivity contribution in [3.8, 4) is 22.6 Å². The molecule has 0 radical (unpaired) electrons. The number of hydrogen-bond donors (Lipinski definition) is 4. The van der Waals surface area contributed by atoms with E-state index in [0.29, 0.717) is 11.5 Å². The highest BCUT2D eigenvalue weighted by atomic mass is 32.2. The molecule has 0 fully saturated rings. The number of carbonyl (C=O) groups excluding carboxylic acids is 2. The number of sulfonamides is 2. The van der Waals surface area contributed by atoms with Crippen LogP contribution in [0.3, 0.4) is 0 Å². The first kappa shape index (κ1) is 49.6. The van der Waals surface area contributed by atoms with Gasteiger partial charge in [-0.05, 0) is 83.0 Å². The second-order valence-electron chi connectivity index (χ2n) is 19.8. The molecule has 0 heterocycles. The van der Waals surface area contributed by atoms with Gasteiger partial charge in [0, 0.05) is 22.3 Å². The molecule has 0 saturated heterocycles. The minimum atomic E-state index is -4.10. The van der Waals surface area contributed by atoms with Crippen molar-refractivity contribution < 1.29 is 35.9 Å². The molecule has 0 aromatic heterocycles. The Morgan fingerprint density at radius 2 is 0.790 bits per heavy atom. The number of rotatable bonds is 13. The molecule has 4 amide bonds. The van der Waals surface area contributed by atoms with Crippen LogP contribution >= 0.6 is 0 Å². The second kappa shape index (κ2) is 18.7. The van der Waals surface area contributed by atoms with E-state index in [-0.39, 0.29) is 46.9 Å². The van der Waals surface area contributed by atoms with E-state index < -0.39 is 42.9 Å². The number of aryl methyl sites for hydroxylation is 2. The fraction of sp³-hybridized carbons (Fsp3) is 0.458. The number of hydrogen-bond acceptors (Lipinski definition) is 8. The lowest BCUT2D eigenvalue weighted by atomic mass is 9.75. The summed E-state index contributed by atoms with van der Waals surface area (Å²) in [4.78, 5) is 25.7. The Kier molecular flexibility index (Phi) is 15.0. The number of carbonyl (C=O) groups is 2. The zero-order chi connectivity index (χ0) is 46.6. The summed E-state index contributed by atoms with van der Waals surface area (Å²) in [7, 11) is -8.19. The molecule has 62 heavy (non-hydrogen) atoms. The first-order chi connectivity index (χ1) is 28.4. The molecule has 12 nitrogen and oxygen atoms in total.